The van der Waals surface area contributed by atoms with Crippen LogP contribution in [0.25, 0.3) is 0 Å². The molecule has 1 N–H and O–H groups in total. The molecule has 0 bridgehead atoms. The van der Waals surface area contributed by atoms with Crippen LogP contribution in [0, 0.1) is 5.92 Å². The summed E-state index contributed by atoms with van der Waals surface area (Å²) in [4.78, 5) is 24.5. The Hall–Kier alpha value is -2.42. The average Bonchev–Trinajstić information content (AvgIpc) is 2.77. The molecule has 9 heteroatoms. The first-order valence-corrected chi connectivity index (χ1v) is 12.2. The zero-order valence-corrected chi connectivity index (χ0v) is 19.9. The number of rotatable bonds is 7. The van der Waals surface area contributed by atoms with Crippen molar-refractivity contribution in [3.63, 3.8) is 0 Å². The van der Waals surface area contributed by atoms with Crippen LogP contribution in [0.1, 0.15) is 42.3 Å². The van der Waals surface area contributed by atoms with Crippen LogP contribution in [0.3, 0.4) is 0 Å². The van der Waals surface area contributed by atoms with Gasteiger partial charge in [-0.05, 0) is 48.6 Å². The molecular weight excluding hydrogens is 452 g/mol. The Balaban J connectivity index is 1.73. The van der Waals surface area contributed by atoms with Gasteiger partial charge in [-0.1, -0.05) is 49.7 Å². The summed E-state index contributed by atoms with van der Waals surface area (Å²) in [6, 6.07) is 11.6. The van der Waals surface area contributed by atoms with Crippen molar-refractivity contribution in [3.05, 3.63) is 64.2 Å². The number of hydrogen-bond acceptors (Lipinski definition) is 5. The van der Waals surface area contributed by atoms with Gasteiger partial charge in [-0.15, -0.1) is 0 Å². The van der Waals surface area contributed by atoms with E-state index in [1.807, 2.05) is 45.0 Å². The van der Waals surface area contributed by atoms with Crippen LogP contribution in [0.2, 0.25) is 5.02 Å². The van der Waals surface area contributed by atoms with Crippen molar-refractivity contribution in [3.8, 4) is 0 Å². The van der Waals surface area contributed by atoms with Gasteiger partial charge in [0.05, 0.1) is 15.5 Å². The number of ether oxygens (including phenoxy) is 1. The van der Waals surface area contributed by atoms with Crippen LogP contribution in [0.4, 0.5) is 0 Å². The molecule has 3 rings (SSSR count). The molecule has 1 aliphatic rings. The average molecular weight is 479 g/mol. The molecule has 1 atom stereocenters. The van der Waals surface area contributed by atoms with Crippen LogP contribution in [0.15, 0.2) is 47.4 Å². The minimum atomic E-state index is -3.85. The topological polar surface area (TPSA) is 92.8 Å². The molecule has 0 fully saturated rings. The number of amides is 1. The molecule has 2 aromatic rings. The second-order valence-corrected chi connectivity index (χ2v) is 10.5. The normalized spacial score (nSPS) is 15.2. The van der Waals surface area contributed by atoms with Crippen molar-refractivity contribution < 1.29 is 22.7 Å². The quantitative estimate of drug-likeness (QED) is 0.615. The van der Waals surface area contributed by atoms with E-state index in [0.717, 1.165) is 11.1 Å². The van der Waals surface area contributed by atoms with E-state index in [9.17, 15) is 18.0 Å². The van der Waals surface area contributed by atoms with E-state index in [-0.39, 0.29) is 34.0 Å². The second-order valence-electron chi connectivity index (χ2n) is 8.18. The number of fused-ring (bicyclic) bond motifs is 1. The van der Waals surface area contributed by atoms with Gasteiger partial charge in [0.15, 0.2) is 6.61 Å². The smallest absolute Gasteiger partial charge is 0.340 e. The first-order valence-electron chi connectivity index (χ1n) is 10.4. The fraction of sp³-hybridized carbons (Fsp3) is 0.391. The lowest BCUT2D eigenvalue weighted by molar-refractivity contribution is -0.125. The zero-order chi connectivity index (χ0) is 23.5. The third-order valence-electron chi connectivity index (χ3n) is 5.61. The maximum Gasteiger partial charge on any atom is 0.340 e. The third kappa shape index (κ3) is 5.49. The number of halogens is 1. The summed E-state index contributed by atoms with van der Waals surface area (Å²) < 4.78 is 32.9. The van der Waals surface area contributed by atoms with E-state index in [0.29, 0.717) is 13.0 Å². The molecule has 1 amide bonds. The van der Waals surface area contributed by atoms with Gasteiger partial charge in [0.2, 0.25) is 10.0 Å². The van der Waals surface area contributed by atoms with E-state index in [2.05, 4.69) is 5.32 Å². The number of sulfonamides is 1. The monoisotopic (exact) mass is 478 g/mol. The number of benzene rings is 2. The van der Waals surface area contributed by atoms with Gasteiger partial charge in [-0.2, -0.15) is 4.31 Å². The summed E-state index contributed by atoms with van der Waals surface area (Å²) in [7, 11) is -3.85. The predicted molar refractivity (Wildman–Crippen MR) is 122 cm³/mol. The van der Waals surface area contributed by atoms with Crippen molar-refractivity contribution in [2.24, 2.45) is 5.92 Å². The van der Waals surface area contributed by atoms with Crippen molar-refractivity contribution in [1.29, 1.82) is 0 Å². The lowest BCUT2D eigenvalue weighted by Gasteiger charge is -2.28. The maximum absolute atomic E-state index is 13.2. The molecule has 1 aliphatic heterocycles. The van der Waals surface area contributed by atoms with E-state index < -0.39 is 28.5 Å². The highest BCUT2D eigenvalue weighted by atomic mass is 35.5. The number of hydrogen-bond donors (Lipinski definition) is 1. The number of carbonyl (C=O) groups excluding carboxylic acids is 2. The number of carbonyl (C=O) groups is 2. The van der Waals surface area contributed by atoms with Crippen LogP contribution >= 0.6 is 11.6 Å². The Bertz CT molecular complexity index is 1120. The van der Waals surface area contributed by atoms with E-state index >= 15 is 0 Å². The van der Waals surface area contributed by atoms with Gasteiger partial charge in [-0.3, -0.25) is 4.79 Å². The molecule has 1 unspecified atom stereocenters. The number of esters is 1. The van der Waals surface area contributed by atoms with Crippen LogP contribution in [-0.2, 0) is 32.5 Å². The summed E-state index contributed by atoms with van der Waals surface area (Å²) in [5.74, 6) is -1.07. The van der Waals surface area contributed by atoms with Gasteiger partial charge in [-0.25, -0.2) is 13.2 Å². The van der Waals surface area contributed by atoms with Crippen molar-refractivity contribution in [2.45, 2.75) is 44.7 Å². The highest BCUT2D eigenvalue weighted by molar-refractivity contribution is 7.89. The molecule has 172 valence electrons. The van der Waals surface area contributed by atoms with Gasteiger partial charge in [0.25, 0.3) is 5.91 Å². The summed E-state index contributed by atoms with van der Waals surface area (Å²) in [5.41, 5.74) is 1.98. The second kappa shape index (κ2) is 10.0. The molecule has 0 radical (unpaired) electrons. The molecule has 2 aromatic carbocycles. The molecule has 0 aromatic heterocycles. The zero-order valence-electron chi connectivity index (χ0n) is 18.3. The van der Waals surface area contributed by atoms with Gasteiger partial charge < -0.3 is 10.1 Å². The lowest BCUT2D eigenvalue weighted by atomic mass is 10.0. The first kappa shape index (κ1) is 24.2. The Labute approximate surface area is 193 Å². The standard InChI is InChI=1S/C23H27ClN2O5S/c1-15(2)16(3)25-22(27)14-31-23(28)20-12-19(8-9-21(20)24)32(29,30)26-11-10-17-6-4-5-7-18(17)13-26/h4-9,12,15-16H,10-11,13-14H2,1-3H3,(H,25,27). The van der Waals surface area contributed by atoms with E-state index in [1.54, 1.807) is 0 Å². The predicted octanol–water partition coefficient (Wildman–Crippen LogP) is 3.40. The molecule has 0 spiro atoms. The Kier molecular flexibility index (Phi) is 7.59. The Morgan fingerprint density at radius 3 is 2.50 bits per heavy atom. The highest BCUT2D eigenvalue weighted by Crippen LogP contribution is 2.27. The fourth-order valence-electron chi connectivity index (χ4n) is 3.32. The number of nitrogens with one attached hydrogen (secondary N) is 1. The van der Waals surface area contributed by atoms with Gasteiger partial charge in [0.1, 0.15) is 0 Å². The minimum Gasteiger partial charge on any atom is -0.452 e. The summed E-state index contributed by atoms with van der Waals surface area (Å²) in [5, 5.41) is 2.79. The third-order valence-corrected chi connectivity index (χ3v) is 7.78. The largest absolute Gasteiger partial charge is 0.452 e. The molecule has 1 heterocycles. The SMILES string of the molecule is CC(C)C(C)NC(=O)COC(=O)c1cc(S(=O)(=O)N2CCc3ccccc3C2)ccc1Cl. The Morgan fingerprint density at radius 1 is 1.12 bits per heavy atom. The van der Waals surface area contributed by atoms with E-state index in [1.165, 1.54) is 22.5 Å². The Morgan fingerprint density at radius 2 is 1.81 bits per heavy atom. The lowest BCUT2D eigenvalue weighted by Crippen LogP contribution is -2.38. The summed E-state index contributed by atoms with van der Waals surface area (Å²) >= 11 is 6.13. The van der Waals surface area contributed by atoms with E-state index in [4.69, 9.17) is 16.3 Å². The van der Waals surface area contributed by atoms with Gasteiger partial charge >= 0.3 is 5.97 Å². The molecule has 32 heavy (non-hydrogen) atoms. The van der Waals surface area contributed by atoms with Crippen LogP contribution in [0.5, 0.6) is 0 Å². The summed E-state index contributed by atoms with van der Waals surface area (Å²) in [6.07, 6.45) is 0.613. The first-order chi connectivity index (χ1) is 15.1. The minimum absolute atomic E-state index is 0.0499. The molecule has 0 saturated carbocycles. The van der Waals surface area contributed by atoms with Gasteiger partial charge in [0, 0.05) is 19.1 Å². The molecule has 7 nitrogen and oxygen atoms in total. The van der Waals surface area contributed by atoms with Crippen LogP contribution < -0.4 is 5.32 Å². The van der Waals surface area contributed by atoms with Crippen molar-refractivity contribution in [1.82, 2.24) is 9.62 Å². The number of nitrogens with zero attached hydrogens (tertiary/aromatic N) is 1. The van der Waals surface area contributed by atoms with Crippen LogP contribution in [-0.4, -0.2) is 43.8 Å². The highest BCUT2D eigenvalue weighted by Gasteiger charge is 2.29. The fourth-order valence-corrected chi connectivity index (χ4v) is 4.96. The molecular formula is C23H27ClN2O5S. The molecule has 0 aliphatic carbocycles. The summed E-state index contributed by atoms with van der Waals surface area (Å²) in [6.45, 7) is 5.90. The molecule has 0 saturated heterocycles. The van der Waals surface area contributed by atoms with Crippen molar-refractivity contribution >= 4 is 33.5 Å². The van der Waals surface area contributed by atoms with Crippen molar-refractivity contribution in [2.75, 3.05) is 13.2 Å². The maximum atomic E-state index is 13.2.